The molecule has 1 aromatic rings. The normalized spacial score (nSPS) is 17.7. The van der Waals surface area contributed by atoms with Crippen LogP contribution in [0.15, 0.2) is 21.5 Å². The largest absolute Gasteiger partial charge is 0.481 e. The highest BCUT2D eigenvalue weighted by atomic mass is 16.5. The monoisotopic (exact) mass is 739 g/mol. The summed E-state index contributed by atoms with van der Waals surface area (Å²) in [5.74, 6) is -7.67. The second kappa shape index (κ2) is 26.7. The predicted molar refractivity (Wildman–Crippen MR) is 177 cm³/mol. The summed E-state index contributed by atoms with van der Waals surface area (Å²) >= 11 is 0. The SMILES string of the molecule is C=C(C)[C@H]1CN[C@H](C(=O)O)[C@H]1CC(=O)O.CN[C@@H](CC(=O)O)C(=O)O.Cc1o[nH]c(=O)c1C[C@H](N)C(=O)O.N[C@@H](CCC(=O)O)C(=O)O.[2H]N(C)C. The van der Waals surface area contributed by atoms with E-state index in [2.05, 4.69) is 26.9 Å². The highest BCUT2D eigenvalue weighted by molar-refractivity contribution is 5.80. The lowest BCUT2D eigenvalue weighted by molar-refractivity contribution is -0.145. The second-order valence-corrected chi connectivity index (χ2v) is 10.8. The minimum absolute atomic E-state index is 0.0208. The van der Waals surface area contributed by atoms with Gasteiger partial charge in [0.2, 0.25) is 0 Å². The van der Waals surface area contributed by atoms with Gasteiger partial charge in [-0.25, -0.2) is 0 Å². The van der Waals surface area contributed by atoms with Gasteiger partial charge in [-0.15, -0.1) is 0 Å². The Bertz CT molecular complexity index is 1370. The molecule has 1 aliphatic rings. The van der Waals surface area contributed by atoms with Crippen LogP contribution in [0.4, 0.5) is 0 Å². The Kier molecular flexibility index (Phi) is 25.1. The molecule has 1 fully saturated rings. The number of aliphatic carboxylic acids is 7. The maximum atomic E-state index is 11.0. The van der Waals surface area contributed by atoms with E-state index >= 15 is 0 Å². The summed E-state index contributed by atoms with van der Waals surface area (Å²) in [5.41, 5.74) is 10.9. The number of nitrogens with one attached hydrogen (secondary N) is 4. The lowest BCUT2D eigenvalue weighted by Gasteiger charge is -2.19. The highest BCUT2D eigenvalue weighted by Gasteiger charge is 2.41. The molecule has 0 bridgehead atoms. The Morgan fingerprint density at radius 2 is 1.43 bits per heavy atom. The molecule has 0 aliphatic carbocycles. The van der Waals surface area contributed by atoms with Gasteiger partial charge in [0.1, 0.15) is 31.3 Å². The zero-order valence-corrected chi connectivity index (χ0v) is 28.8. The van der Waals surface area contributed by atoms with Crippen LogP contribution in [-0.4, -0.2) is 135 Å². The lowest BCUT2D eigenvalue weighted by atomic mass is 9.84. The van der Waals surface area contributed by atoms with Crippen molar-refractivity contribution in [3.63, 3.8) is 0 Å². The summed E-state index contributed by atoms with van der Waals surface area (Å²) in [5, 5.41) is 67.4. The van der Waals surface area contributed by atoms with Crippen LogP contribution in [0.2, 0.25) is 1.41 Å². The molecule has 2 rings (SSSR count). The van der Waals surface area contributed by atoms with Gasteiger partial charge in [0.25, 0.3) is 5.56 Å². The molecule has 0 unspecified atom stereocenters. The number of hydrogen-bond donors (Lipinski definition) is 13. The first-order valence-electron chi connectivity index (χ1n) is 15.2. The number of aromatic amines is 1. The number of carboxylic acids is 7. The average molecular weight is 740 g/mol. The van der Waals surface area contributed by atoms with Gasteiger partial charge in [-0.05, 0) is 47.3 Å². The first kappa shape index (κ1) is 48.0. The number of carbonyl (C=O) groups is 7. The zero-order chi connectivity index (χ0) is 41.5. The number of H-pyrrole nitrogens is 1. The third kappa shape index (κ3) is 23.0. The van der Waals surface area contributed by atoms with Crippen molar-refractivity contribution in [1.29, 1.82) is 0 Å². The summed E-state index contributed by atoms with van der Waals surface area (Å²) in [4.78, 5) is 82.9. The molecule has 22 heteroatoms. The van der Waals surface area contributed by atoms with Crippen LogP contribution >= 0.6 is 0 Å². The molecule has 0 amide bonds. The summed E-state index contributed by atoms with van der Waals surface area (Å²) in [6.07, 6.45) is -0.779. The van der Waals surface area contributed by atoms with E-state index in [0.29, 0.717) is 12.3 Å². The van der Waals surface area contributed by atoms with Crippen molar-refractivity contribution in [3.8, 4) is 0 Å². The van der Waals surface area contributed by atoms with Crippen LogP contribution in [0.5, 0.6) is 0 Å². The van der Waals surface area contributed by atoms with Crippen LogP contribution in [0.1, 0.15) is 43.9 Å². The van der Waals surface area contributed by atoms with E-state index in [1.165, 1.54) is 12.4 Å². The minimum Gasteiger partial charge on any atom is -0.481 e. The average Bonchev–Trinajstić information content (AvgIpc) is 3.57. The first-order chi connectivity index (χ1) is 23.8. The van der Waals surface area contributed by atoms with E-state index in [4.69, 9.17) is 48.6 Å². The van der Waals surface area contributed by atoms with Gasteiger partial charge in [-0.1, -0.05) is 12.2 Å². The van der Waals surface area contributed by atoms with Crippen molar-refractivity contribution < 1.29 is 75.2 Å². The van der Waals surface area contributed by atoms with Gasteiger partial charge in [0, 0.05) is 25.3 Å². The van der Waals surface area contributed by atoms with Gasteiger partial charge >= 0.3 is 41.8 Å². The molecule has 51 heavy (non-hydrogen) atoms. The number of aromatic nitrogens is 1. The first-order valence-corrected chi connectivity index (χ1v) is 14.8. The van der Waals surface area contributed by atoms with Gasteiger partial charge in [0.15, 0.2) is 0 Å². The van der Waals surface area contributed by atoms with E-state index < -0.39 is 83.9 Å². The molecular weight excluding hydrogens is 688 g/mol. The highest BCUT2D eigenvalue weighted by Crippen LogP contribution is 2.30. The molecule has 1 aliphatic heterocycles. The Labute approximate surface area is 293 Å². The van der Waals surface area contributed by atoms with Gasteiger partial charge in [-0.3, -0.25) is 38.4 Å². The van der Waals surface area contributed by atoms with Crippen molar-refractivity contribution >= 4 is 41.8 Å². The Morgan fingerprint density at radius 1 is 0.922 bits per heavy atom. The molecule has 1 saturated heterocycles. The maximum absolute atomic E-state index is 11.0. The van der Waals surface area contributed by atoms with Crippen LogP contribution in [-0.2, 0) is 40.0 Å². The van der Waals surface area contributed by atoms with Crippen molar-refractivity contribution in [3.05, 3.63) is 33.8 Å². The summed E-state index contributed by atoms with van der Waals surface area (Å²) in [6, 6.07) is -3.89. The predicted octanol–water partition coefficient (Wildman–Crippen LogP) is -2.21. The Hall–Kier alpha value is -5.16. The number of nitrogens with two attached hydrogens (primary N) is 2. The van der Waals surface area contributed by atoms with E-state index in [1.807, 2.05) is 0 Å². The van der Waals surface area contributed by atoms with Crippen molar-refractivity contribution in [2.45, 2.75) is 70.1 Å². The fourth-order valence-corrected chi connectivity index (χ4v) is 3.90. The number of likely N-dealkylation sites (N-methyl/N-ethyl adjacent to an activating group) is 1. The number of rotatable bonds is 15. The second-order valence-electron chi connectivity index (χ2n) is 10.8. The summed E-state index contributed by atoms with van der Waals surface area (Å²) < 4.78 is 11.1. The third-order valence-corrected chi connectivity index (χ3v) is 6.56. The molecule has 15 N–H and O–H groups in total. The van der Waals surface area contributed by atoms with E-state index in [-0.39, 0.29) is 37.2 Å². The maximum Gasteiger partial charge on any atom is 0.321 e. The molecule has 0 saturated carbocycles. The molecule has 292 valence electrons. The summed E-state index contributed by atoms with van der Waals surface area (Å²) in [7, 11) is 4.74. The van der Waals surface area contributed by atoms with Crippen molar-refractivity contribution in [2.75, 3.05) is 27.7 Å². The van der Waals surface area contributed by atoms with Crippen LogP contribution < -0.4 is 33.0 Å². The van der Waals surface area contributed by atoms with Gasteiger partial charge < -0.3 is 67.7 Å². The molecule has 0 aromatic carbocycles. The lowest BCUT2D eigenvalue weighted by Crippen LogP contribution is -2.36. The fourth-order valence-electron chi connectivity index (χ4n) is 3.90. The Morgan fingerprint density at radius 3 is 1.73 bits per heavy atom. The number of hydrogen-bond acceptors (Lipinski definition) is 14. The number of carboxylic acid groups (broad SMARTS) is 7. The zero-order valence-electron chi connectivity index (χ0n) is 29.8. The molecule has 0 spiro atoms. The third-order valence-electron chi connectivity index (χ3n) is 6.56. The van der Waals surface area contributed by atoms with E-state index in [0.717, 1.165) is 5.57 Å². The molecule has 2 heterocycles. The van der Waals surface area contributed by atoms with Crippen LogP contribution in [0.3, 0.4) is 0 Å². The van der Waals surface area contributed by atoms with Gasteiger partial charge in [-0.2, -0.15) is 5.16 Å². The topological polar surface area (TPSA) is 395 Å². The van der Waals surface area contributed by atoms with E-state index in [1.54, 1.807) is 27.9 Å². The smallest absolute Gasteiger partial charge is 0.321 e. The number of aryl methyl sites for hydroxylation is 1. The minimum atomic E-state index is -1.17. The fraction of sp³-hybridized carbons (Fsp3) is 0.586. The van der Waals surface area contributed by atoms with E-state index in [9.17, 15) is 38.4 Å². The molecule has 0 radical (unpaired) electrons. The summed E-state index contributed by atoms with van der Waals surface area (Å²) in [6.45, 7) is 7.62. The molecule has 1 aromatic heterocycles. The van der Waals surface area contributed by atoms with Crippen molar-refractivity contribution in [1.82, 2.24) is 21.1 Å². The van der Waals surface area contributed by atoms with Crippen molar-refractivity contribution in [2.24, 2.45) is 23.3 Å². The standard InChI is InChI=1S/C10H15NO4.C7H10N2O4.2C5H9NO4.C2H7N/c1-5(2)7-4-11-9(10(14)15)6(7)3-8(12)13;1-3-4(6(10)9-13-3)2-5(8)7(11)12;1-6-3(5(9)10)2-4(7)8;6-3(5(9)10)1-2-4(7)8;1-3-2/h6-7,9,11H,1,3-4H2,2H3,(H,12,13)(H,14,15);5H,2,8H2,1H3,(H,9,10)(H,11,12);3,6H,2H2,1H3,(H,7,8)(H,9,10);3H,1-2,6H2,(H,7,8)(H,9,10);3H,1-2H3/t6-,7+,9-;5-;2*3-;/m0000./s1/i/hD. The molecule has 6 atom stereocenters. The molecule has 22 nitrogen and oxygen atoms in total. The Balaban J connectivity index is -0.000000603. The molecular formula is C29H50N6O16. The van der Waals surface area contributed by atoms with Crippen LogP contribution in [0.25, 0.3) is 0 Å². The van der Waals surface area contributed by atoms with Gasteiger partial charge in [0.05, 0.1) is 18.4 Å². The van der Waals surface area contributed by atoms with Crippen LogP contribution in [0, 0.1) is 18.8 Å². The quantitative estimate of drug-likeness (QED) is 0.0848.